The Morgan fingerprint density at radius 3 is 2.39 bits per heavy atom. The van der Waals surface area contributed by atoms with Crippen molar-refractivity contribution in [2.75, 3.05) is 20.8 Å². The number of aryl methyl sites for hydroxylation is 1. The van der Waals surface area contributed by atoms with Gasteiger partial charge in [0.2, 0.25) is 0 Å². The van der Waals surface area contributed by atoms with Crippen LogP contribution in [0, 0.1) is 0 Å². The summed E-state index contributed by atoms with van der Waals surface area (Å²) >= 11 is 0. The zero-order valence-corrected chi connectivity index (χ0v) is 13.8. The molecule has 0 fully saturated rings. The Morgan fingerprint density at radius 2 is 1.78 bits per heavy atom. The maximum atomic E-state index is 12.3. The fourth-order valence-electron chi connectivity index (χ4n) is 2.43. The zero-order chi connectivity index (χ0) is 16.7. The van der Waals surface area contributed by atoms with Crippen molar-refractivity contribution >= 4 is 5.91 Å². The minimum absolute atomic E-state index is 0.107. The molecule has 1 atom stereocenters. The number of methoxy groups -OCH3 is 2. The average molecular weight is 313 g/mol. The van der Waals surface area contributed by atoms with Crippen molar-refractivity contribution in [3.63, 3.8) is 0 Å². The van der Waals surface area contributed by atoms with E-state index in [1.165, 1.54) is 5.56 Å². The Bertz CT molecular complexity index is 637. The molecule has 0 aliphatic rings. The van der Waals surface area contributed by atoms with Crippen LogP contribution in [0.15, 0.2) is 48.5 Å². The molecule has 4 heteroatoms. The van der Waals surface area contributed by atoms with Crippen LogP contribution >= 0.6 is 0 Å². The highest BCUT2D eigenvalue weighted by Crippen LogP contribution is 2.26. The van der Waals surface area contributed by atoms with Gasteiger partial charge in [0.1, 0.15) is 11.9 Å². The molecule has 0 heterocycles. The quantitative estimate of drug-likeness (QED) is 0.852. The number of ether oxygens (including phenoxy) is 2. The van der Waals surface area contributed by atoms with Crippen molar-refractivity contribution < 1.29 is 14.3 Å². The van der Waals surface area contributed by atoms with Gasteiger partial charge >= 0.3 is 0 Å². The number of nitrogens with one attached hydrogen (secondary N) is 1. The summed E-state index contributed by atoms with van der Waals surface area (Å²) in [7, 11) is 3.25. The highest BCUT2D eigenvalue weighted by atomic mass is 16.5. The van der Waals surface area contributed by atoms with Crippen molar-refractivity contribution in [2.45, 2.75) is 19.4 Å². The van der Waals surface area contributed by atoms with E-state index in [1.807, 2.05) is 48.5 Å². The Morgan fingerprint density at radius 1 is 1.09 bits per heavy atom. The lowest BCUT2D eigenvalue weighted by Crippen LogP contribution is -2.29. The fourth-order valence-corrected chi connectivity index (χ4v) is 2.43. The van der Waals surface area contributed by atoms with E-state index in [9.17, 15) is 4.79 Å². The lowest BCUT2D eigenvalue weighted by atomic mass is 10.1. The van der Waals surface area contributed by atoms with Gasteiger partial charge in [-0.3, -0.25) is 4.79 Å². The maximum Gasteiger partial charge on any atom is 0.251 e. The van der Waals surface area contributed by atoms with E-state index in [4.69, 9.17) is 9.47 Å². The van der Waals surface area contributed by atoms with Gasteiger partial charge < -0.3 is 14.8 Å². The van der Waals surface area contributed by atoms with E-state index >= 15 is 0 Å². The summed E-state index contributed by atoms with van der Waals surface area (Å²) in [5.74, 6) is 0.644. The second-order valence-corrected chi connectivity index (χ2v) is 5.23. The Kier molecular flexibility index (Phi) is 6.18. The summed E-state index contributed by atoms with van der Waals surface area (Å²) in [5.41, 5.74) is 2.78. The molecule has 1 unspecified atom stereocenters. The zero-order valence-electron chi connectivity index (χ0n) is 13.8. The van der Waals surface area contributed by atoms with Gasteiger partial charge in [-0.25, -0.2) is 0 Å². The van der Waals surface area contributed by atoms with Crippen LogP contribution in [0.25, 0.3) is 0 Å². The molecule has 0 bridgehead atoms. The summed E-state index contributed by atoms with van der Waals surface area (Å²) in [6.45, 7) is 2.47. The molecule has 0 saturated carbocycles. The van der Waals surface area contributed by atoms with Gasteiger partial charge in [0, 0.05) is 24.8 Å². The molecule has 2 aromatic rings. The first-order valence-corrected chi connectivity index (χ1v) is 7.72. The molecule has 0 saturated heterocycles. The first-order valence-electron chi connectivity index (χ1n) is 7.72. The molecular weight excluding hydrogens is 290 g/mol. The van der Waals surface area contributed by atoms with E-state index < -0.39 is 0 Å². The first kappa shape index (κ1) is 17.0. The lowest BCUT2D eigenvalue weighted by Gasteiger charge is -2.19. The summed E-state index contributed by atoms with van der Waals surface area (Å²) in [4.78, 5) is 12.3. The van der Waals surface area contributed by atoms with Crippen molar-refractivity contribution in [1.82, 2.24) is 5.32 Å². The molecule has 0 aromatic heterocycles. The first-order chi connectivity index (χ1) is 11.2. The van der Waals surface area contributed by atoms with Gasteiger partial charge in [-0.2, -0.15) is 0 Å². The van der Waals surface area contributed by atoms with Gasteiger partial charge in [0.05, 0.1) is 7.11 Å². The molecule has 2 rings (SSSR count). The Labute approximate surface area is 137 Å². The minimum atomic E-state index is -0.259. The number of hydrogen-bond donors (Lipinski definition) is 1. The number of amides is 1. The number of rotatable bonds is 7. The molecular formula is C19H23NO3. The summed E-state index contributed by atoms with van der Waals surface area (Å²) in [6.07, 6.45) is 0.701. The number of benzene rings is 2. The fraction of sp³-hybridized carbons (Fsp3) is 0.316. The lowest BCUT2D eigenvalue weighted by molar-refractivity contribution is 0.0819. The predicted octanol–water partition coefficient (Wildman–Crippen LogP) is 3.38. The van der Waals surface area contributed by atoms with Crippen LogP contribution < -0.4 is 10.1 Å². The number of para-hydroxylation sites is 1. The topological polar surface area (TPSA) is 47.6 Å². The predicted molar refractivity (Wildman–Crippen MR) is 90.9 cm³/mol. The molecule has 122 valence electrons. The summed E-state index contributed by atoms with van der Waals surface area (Å²) in [6, 6.07) is 15.3. The summed E-state index contributed by atoms with van der Waals surface area (Å²) in [5, 5.41) is 2.92. The van der Waals surface area contributed by atoms with Gasteiger partial charge in [0.25, 0.3) is 5.91 Å². The van der Waals surface area contributed by atoms with E-state index in [2.05, 4.69) is 12.2 Å². The third-order valence-corrected chi connectivity index (χ3v) is 3.84. The highest BCUT2D eigenvalue weighted by Gasteiger charge is 2.16. The van der Waals surface area contributed by atoms with Gasteiger partial charge in [-0.05, 0) is 30.2 Å². The van der Waals surface area contributed by atoms with Gasteiger partial charge in [-0.1, -0.05) is 37.3 Å². The van der Waals surface area contributed by atoms with Crippen LogP contribution in [0.2, 0.25) is 0 Å². The normalized spacial score (nSPS) is 11.8. The molecule has 0 radical (unpaired) electrons. The van der Waals surface area contributed by atoms with Crippen LogP contribution in [0.4, 0.5) is 0 Å². The molecule has 23 heavy (non-hydrogen) atoms. The molecule has 1 N–H and O–H groups in total. The van der Waals surface area contributed by atoms with Crippen molar-refractivity contribution in [3.05, 3.63) is 65.2 Å². The molecule has 4 nitrogen and oxygen atoms in total. The van der Waals surface area contributed by atoms with Crippen molar-refractivity contribution in [1.29, 1.82) is 0 Å². The number of carbonyl (C=O) groups excluding carboxylic acids is 1. The maximum absolute atomic E-state index is 12.3. The van der Waals surface area contributed by atoms with Crippen LogP contribution in [-0.2, 0) is 11.2 Å². The van der Waals surface area contributed by atoms with Crippen LogP contribution in [0.1, 0.15) is 34.5 Å². The van der Waals surface area contributed by atoms with Crippen LogP contribution in [-0.4, -0.2) is 26.7 Å². The van der Waals surface area contributed by atoms with Crippen LogP contribution in [0.5, 0.6) is 5.75 Å². The molecule has 1 amide bonds. The monoisotopic (exact) mass is 313 g/mol. The third-order valence-electron chi connectivity index (χ3n) is 3.84. The number of hydrogen-bond acceptors (Lipinski definition) is 3. The van der Waals surface area contributed by atoms with Crippen molar-refractivity contribution in [3.8, 4) is 5.75 Å². The second kappa shape index (κ2) is 8.34. The van der Waals surface area contributed by atoms with E-state index in [0.717, 1.165) is 17.7 Å². The standard InChI is InChI=1S/C19H23NO3/c1-4-14-9-11-15(12-10-14)19(21)20-13-18(23-3)16-7-5-6-8-17(16)22-2/h5-12,18H,4,13H2,1-3H3,(H,20,21). The number of carbonyl (C=O) groups is 1. The molecule has 0 spiro atoms. The van der Waals surface area contributed by atoms with E-state index in [-0.39, 0.29) is 12.0 Å². The smallest absolute Gasteiger partial charge is 0.251 e. The van der Waals surface area contributed by atoms with Crippen molar-refractivity contribution in [2.24, 2.45) is 0 Å². The molecule has 2 aromatic carbocycles. The highest BCUT2D eigenvalue weighted by molar-refractivity contribution is 5.94. The summed E-state index contributed by atoms with van der Waals surface area (Å²) < 4.78 is 10.9. The molecule has 0 aliphatic heterocycles. The van der Waals surface area contributed by atoms with Crippen LogP contribution in [0.3, 0.4) is 0 Å². The van der Waals surface area contributed by atoms with Gasteiger partial charge in [0.15, 0.2) is 0 Å². The third kappa shape index (κ3) is 4.33. The second-order valence-electron chi connectivity index (χ2n) is 5.23. The minimum Gasteiger partial charge on any atom is -0.496 e. The average Bonchev–Trinajstić information content (AvgIpc) is 2.62. The SMILES string of the molecule is CCc1ccc(C(=O)NCC(OC)c2ccccc2OC)cc1. The Hall–Kier alpha value is -2.33. The Balaban J connectivity index is 2.03. The van der Waals surface area contributed by atoms with E-state index in [1.54, 1.807) is 14.2 Å². The largest absolute Gasteiger partial charge is 0.496 e. The van der Waals surface area contributed by atoms with E-state index in [0.29, 0.717) is 12.1 Å². The molecule has 0 aliphatic carbocycles. The van der Waals surface area contributed by atoms with Gasteiger partial charge in [-0.15, -0.1) is 0 Å².